The fourth-order valence-corrected chi connectivity index (χ4v) is 4.63. The molecule has 3 rings (SSSR count). The Balaban J connectivity index is 1.84. The van der Waals surface area contributed by atoms with Crippen LogP contribution in [-0.2, 0) is 16.3 Å². The predicted molar refractivity (Wildman–Crippen MR) is 76.8 cm³/mol. The van der Waals surface area contributed by atoms with Crippen LogP contribution in [0.2, 0.25) is 0 Å². The van der Waals surface area contributed by atoms with Gasteiger partial charge >= 0.3 is 0 Å². The second kappa shape index (κ2) is 5.09. The monoisotopic (exact) mass is 294 g/mol. The zero-order valence-electron chi connectivity index (χ0n) is 11.4. The third-order valence-electron chi connectivity index (χ3n) is 3.84. The van der Waals surface area contributed by atoms with Crippen LogP contribution in [0.15, 0.2) is 24.5 Å². The molecule has 0 bridgehead atoms. The van der Waals surface area contributed by atoms with Crippen molar-refractivity contribution in [3.05, 3.63) is 30.4 Å². The summed E-state index contributed by atoms with van der Waals surface area (Å²) in [7, 11) is -1.22. The van der Waals surface area contributed by atoms with Gasteiger partial charge in [0.2, 0.25) is 0 Å². The van der Waals surface area contributed by atoms with Gasteiger partial charge in [-0.1, -0.05) is 0 Å². The van der Waals surface area contributed by atoms with E-state index in [2.05, 4.69) is 4.98 Å². The number of ether oxygens (including phenoxy) is 1. The van der Waals surface area contributed by atoms with Gasteiger partial charge in [-0.15, -0.1) is 0 Å². The van der Waals surface area contributed by atoms with Gasteiger partial charge in [0.25, 0.3) is 0 Å². The first-order valence-electron chi connectivity index (χ1n) is 6.78. The standard InChI is InChI=1S/C14H18N2O3S/c1-19-13-4-5-16-12(8-13)9-15-14(16)7-11-3-2-6-20(17,18)10-11/h4-5,8-9,11H,2-3,6-7,10H2,1H3. The van der Waals surface area contributed by atoms with Crippen LogP contribution < -0.4 is 4.74 Å². The van der Waals surface area contributed by atoms with Gasteiger partial charge in [0.15, 0.2) is 9.84 Å². The van der Waals surface area contributed by atoms with E-state index in [4.69, 9.17) is 4.74 Å². The van der Waals surface area contributed by atoms with Crippen molar-refractivity contribution in [3.63, 3.8) is 0 Å². The first-order chi connectivity index (χ1) is 9.57. The van der Waals surface area contributed by atoms with E-state index in [-0.39, 0.29) is 11.7 Å². The Morgan fingerprint density at radius 3 is 3.10 bits per heavy atom. The van der Waals surface area contributed by atoms with Crippen molar-refractivity contribution in [2.24, 2.45) is 5.92 Å². The molecule has 0 amide bonds. The number of imidazole rings is 1. The first-order valence-corrected chi connectivity index (χ1v) is 8.60. The van der Waals surface area contributed by atoms with E-state index in [1.807, 2.05) is 22.7 Å². The number of hydrogen-bond acceptors (Lipinski definition) is 4. The van der Waals surface area contributed by atoms with E-state index >= 15 is 0 Å². The number of nitrogens with zero attached hydrogens (tertiary/aromatic N) is 2. The van der Waals surface area contributed by atoms with Gasteiger partial charge in [0.05, 0.1) is 30.3 Å². The molecular weight excluding hydrogens is 276 g/mol. The van der Waals surface area contributed by atoms with Crippen molar-refractivity contribution in [1.82, 2.24) is 9.38 Å². The number of pyridine rings is 1. The fraction of sp³-hybridized carbons (Fsp3) is 0.500. The van der Waals surface area contributed by atoms with Gasteiger partial charge in [-0.25, -0.2) is 13.4 Å². The van der Waals surface area contributed by atoms with Crippen LogP contribution in [0.1, 0.15) is 18.7 Å². The van der Waals surface area contributed by atoms with E-state index in [9.17, 15) is 8.42 Å². The minimum absolute atomic E-state index is 0.182. The molecule has 0 radical (unpaired) electrons. The Kier molecular flexibility index (Phi) is 3.41. The highest BCUT2D eigenvalue weighted by molar-refractivity contribution is 7.91. The van der Waals surface area contributed by atoms with Crippen LogP contribution in [0, 0.1) is 5.92 Å². The van der Waals surface area contributed by atoms with Crippen molar-refractivity contribution in [3.8, 4) is 5.75 Å². The second-order valence-corrected chi connectivity index (χ2v) is 7.59. The van der Waals surface area contributed by atoms with Crippen LogP contribution in [0.4, 0.5) is 0 Å². The molecule has 20 heavy (non-hydrogen) atoms. The van der Waals surface area contributed by atoms with E-state index < -0.39 is 9.84 Å². The van der Waals surface area contributed by atoms with Gasteiger partial charge in [-0.05, 0) is 24.8 Å². The summed E-state index contributed by atoms with van der Waals surface area (Å²) in [6, 6.07) is 3.81. The van der Waals surface area contributed by atoms with E-state index in [0.717, 1.165) is 29.9 Å². The molecule has 5 nitrogen and oxygen atoms in total. The second-order valence-electron chi connectivity index (χ2n) is 5.36. The molecular formula is C14H18N2O3S. The number of hydrogen-bond donors (Lipinski definition) is 0. The lowest BCUT2D eigenvalue weighted by molar-refractivity contribution is 0.414. The molecule has 2 aromatic heterocycles. The molecule has 1 unspecified atom stereocenters. The van der Waals surface area contributed by atoms with Crippen LogP contribution in [-0.4, -0.2) is 36.4 Å². The number of methoxy groups -OCH3 is 1. The molecule has 0 saturated carbocycles. The lowest BCUT2D eigenvalue weighted by Gasteiger charge is -2.21. The highest BCUT2D eigenvalue weighted by Crippen LogP contribution is 2.23. The molecule has 1 aliphatic heterocycles. The molecule has 108 valence electrons. The maximum atomic E-state index is 11.7. The zero-order chi connectivity index (χ0) is 14.2. The number of sulfone groups is 1. The molecule has 1 fully saturated rings. The van der Waals surface area contributed by atoms with E-state index in [1.165, 1.54) is 0 Å². The average Bonchev–Trinajstić information content (AvgIpc) is 2.80. The molecule has 1 aliphatic rings. The van der Waals surface area contributed by atoms with Crippen molar-refractivity contribution < 1.29 is 13.2 Å². The molecule has 1 atom stereocenters. The van der Waals surface area contributed by atoms with Gasteiger partial charge in [0, 0.05) is 18.7 Å². The molecule has 0 aliphatic carbocycles. The number of fused-ring (bicyclic) bond motifs is 1. The Hall–Kier alpha value is -1.56. The normalized spacial score (nSPS) is 21.9. The Morgan fingerprint density at radius 1 is 1.50 bits per heavy atom. The molecule has 2 aromatic rings. The van der Waals surface area contributed by atoms with Gasteiger partial charge in [-0.2, -0.15) is 0 Å². The van der Waals surface area contributed by atoms with Crippen molar-refractivity contribution in [2.75, 3.05) is 18.6 Å². The molecule has 1 saturated heterocycles. The maximum absolute atomic E-state index is 11.7. The highest BCUT2D eigenvalue weighted by atomic mass is 32.2. The van der Waals surface area contributed by atoms with Gasteiger partial charge in [0.1, 0.15) is 11.6 Å². The lowest BCUT2D eigenvalue weighted by atomic mass is 10.0. The van der Waals surface area contributed by atoms with E-state index in [1.54, 1.807) is 13.3 Å². The molecule has 6 heteroatoms. The average molecular weight is 294 g/mol. The summed E-state index contributed by atoms with van der Waals surface area (Å²) < 4.78 is 30.6. The van der Waals surface area contributed by atoms with Crippen LogP contribution in [0.25, 0.3) is 5.52 Å². The Labute approximate surface area is 118 Å². The summed E-state index contributed by atoms with van der Waals surface area (Å²) in [6.45, 7) is 0. The summed E-state index contributed by atoms with van der Waals surface area (Å²) in [6.07, 6.45) is 6.16. The maximum Gasteiger partial charge on any atom is 0.150 e. The van der Waals surface area contributed by atoms with Crippen LogP contribution >= 0.6 is 0 Å². The quantitative estimate of drug-likeness (QED) is 0.864. The largest absolute Gasteiger partial charge is 0.497 e. The van der Waals surface area contributed by atoms with Crippen molar-refractivity contribution in [2.45, 2.75) is 19.3 Å². The first kappa shape index (κ1) is 13.4. The topological polar surface area (TPSA) is 60.7 Å². The Bertz CT molecular complexity index is 721. The highest BCUT2D eigenvalue weighted by Gasteiger charge is 2.25. The summed E-state index contributed by atoms with van der Waals surface area (Å²) >= 11 is 0. The minimum Gasteiger partial charge on any atom is -0.497 e. The van der Waals surface area contributed by atoms with Crippen LogP contribution in [0.3, 0.4) is 0 Å². The fourth-order valence-electron chi connectivity index (χ4n) is 2.85. The number of aromatic nitrogens is 2. The van der Waals surface area contributed by atoms with Crippen LogP contribution in [0.5, 0.6) is 5.75 Å². The van der Waals surface area contributed by atoms with E-state index in [0.29, 0.717) is 12.2 Å². The van der Waals surface area contributed by atoms with Crippen molar-refractivity contribution in [1.29, 1.82) is 0 Å². The summed E-state index contributed by atoms with van der Waals surface area (Å²) in [5.41, 5.74) is 0.970. The zero-order valence-corrected chi connectivity index (χ0v) is 12.3. The summed E-state index contributed by atoms with van der Waals surface area (Å²) in [5.74, 6) is 2.52. The van der Waals surface area contributed by atoms with Crippen molar-refractivity contribution >= 4 is 15.4 Å². The van der Waals surface area contributed by atoms with Gasteiger partial charge in [-0.3, -0.25) is 0 Å². The SMILES string of the molecule is COc1ccn2c(CC3CCCS(=O)(=O)C3)ncc2c1. The van der Waals surface area contributed by atoms with Gasteiger partial charge < -0.3 is 9.14 Å². The third kappa shape index (κ3) is 2.65. The molecule has 0 aromatic carbocycles. The summed E-state index contributed by atoms with van der Waals surface area (Å²) in [4.78, 5) is 4.43. The molecule has 0 N–H and O–H groups in total. The number of rotatable bonds is 3. The lowest BCUT2D eigenvalue weighted by Crippen LogP contribution is -2.26. The Morgan fingerprint density at radius 2 is 2.35 bits per heavy atom. The molecule has 0 spiro atoms. The minimum atomic E-state index is -2.86. The summed E-state index contributed by atoms with van der Waals surface area (Å²) in [5, 5.41) is 0. The molecule has 3 heterocycles. The third-order valence-corrected chi connectivity index (χ3v) is 5.73. The predicted octanol–water partition coefficient (Wildman–Crippen LogP) is 1.71. The smallest absolute Gasteiger partial charge is 0.150 e.